The molecule has 0 fully saturated rings. The van der Waals surface area contributed by atoms with Crippen molar-refractivity contribution in [3.05, 3.63) is 35.4 Å². The SMILES string of the molecule is O=C1OC(CI)CCCCCc2ccccc21. The zero-order valence-corrected chi connectivity index (χ0v) is 12.0. The van der Waals surface area contributed by atoms with Gasteiger partial charge in [-0.05, 0) is 37.3 Å². The second-order valence-electron chi connectivity index (χ2n) is 4.44. The van der Waals surface area contributed by atoms with Crippen LogP contribution >= 0.6 is 22.6 Å². The van der Waals surface area contributed by atoms with Crippen LogP contribution in [0.4, 0.5) is 0 Å². The van der Waals surface area contributed by atoms with E-state index >= 15 is 0 Å². The third-order valence-electron chi connectivity index (χ3n) is 3.16. The van der Waals surface area contributed by atoms with Gasteiger partial charge in [0.15, 0.2) is 0 Å². The summed E-state index contributed by atoms with van der Waals surface area (Å²) in [5.74, 6) is -0.149. The van der Waals surface area contributed by atoms with Gasteiger partial charge in [0, 0.05) is 4.43 Å². The van der Waals surface area contributed by atoms with Crippen LogP contribution in [-0.2, 0) is 11.2 Å². The molecule has 0 spiro atoms. The van der Waals surface area contributed by atoms with E-state index in [0.29, 0.717) is 0 Å². The number of rotatable bonds is 1. The Balaban J connectivity index is 2.23. The van der Waals surface area contributed by atoms with Gasteiger partial charge in [-0.1, -0.05) is 47.2 Å². The highest BCUT2D eigenvalue weighted by molar-refractivity contribution is 14.1. The van der Waals surface area contributed by atoms with E-state index in [0.717, 1.165) is 41.2 Å². The third-order valence-corrected chi connectivity index (χ3v) is 4.14. The molecule has 0 saturated carbocycles. The standard InChI is InChI=1S/C14H17IO2/c15-10-12-8-3-1-2-6-11-7-4-5-9-13(11)14(16)17-12/h4-5,7,9,12H,1-3,6,8,10H2. The van der Waals surface area contributed by atoms with Crippen molar-refractivity contribution >= 4 is 28.6 Å². The van der Waals surface area contributed by atoms with Crippen LogP contribution < -0.4 is 0 Å². The van der Waals surface area contributed by atoms with Gasteiger partial charge < -0.3 is 4.74 Å². The maximum Gasteiger partial charge on any atom is 0.338 e. The van der Waals surface area contributed by atoms with Gasteiger partial charge in [-0.15, -0.1) is 0 Å². The van der Waals surface area contributed by atoms with Crippen LogP contribution in [0.2, 0.25) is 0 Å². The van der Waals surface area contributed by atoms with E-state index in [1.54, 1.807) is 0 Å². The number of hydrogen-bond donors (Lipinski definition) is 0. The van der Waals surface area contributed by atoms with E-state index in [-0.39, 0.29) is 12.1 Å². The number of ether oxygens (including phenoxy) is 1. The van der Waals surface area contributed by atoms with Crippen molar-refractivity contribution in [3.63, 3.8) is 0 Å². The first-order valence-electron chi connectivity index (χ1n) is 6.16. The summed E-state index contributed by atoms with van der Waals surface area (Å²) in [5, 5.41) is 0. The molecule has 0 amide bonds. The number of benzene rings is 1. The zero-order chi connectivity index (χ0) is 12.1. The number of halogens is 1. The smallest absolute Gasteiger partial charge is 0.338 e. The molecule has 17 heavy (non-hydrogen) atoms. The van der Waals surface area contributed by atoms with Gasteiger partial charge >= 0.3 is 5.97 Å². The zero-order valence-electron chi connectivity index (χ0n) is 9.82. The minimum Gasteiger partial charge on any atom is -0.458 e. The fourth-order valence-electron chi connectivity index (χ4n) is 2.18. The maximum absolute atomic E-state index is 12.1. The summed E-state index contributed by atoms with van der Waals surface area (Å²) in [4.78, 5) is 12.1. The van der Waals surface area contributed by atoms with Crippen molar-refractivity contribution in [1.29, 1.82) is 0 Å². The number of aryl methyl sites for hydroxylation is 1. The first-order chi connectivity index (χ1) is 8.31. The van der Waals surface area contributed by atoms with Gasteiger partial charge in [0.05, 0.1) is 5.56 Å². The van der Waals surface area contributed by atoms with E-state index in [1.165, 1.54) is 6.42 Å². The summed E-state index contributed by atoms with van der Waals surface area (Å²) in [6.45, 7) is 0. The molecule has 1 atom stereocenters. The quantitative estimate of drug-likeness (QED) is 0.441. The van der Waals surface area contributed by atoms with Crippen molar-refractivity contribution in [1.82, 2.24) is 0 Å². The summed E-state index contributed by atoms with van der Waals surface area (Å²) < 4.78 is 6.44. The summed E-state index contributed by atoms with van der Waals surface area (Å²) in [6, 6.07) is 7.82. The van der Waals surface area contributed by atoms with Crippen molar-refractivity contribution in [2.75, 3.05) is 4.43 Å². The average Bonchev–Trinajstić information content (AvgIpc) is 2.37. The van der Waals surface area contributed by atoms with Crippen molar-refractivity contribution in [2.45, 2.75) is 38.2 Å². The van der Waals surface area contributed by atoms with Crippen molar-refractivity contribution < 1.29 is 9.53 Å². The Bertz CT molecular complexity index is 390. The Kier molecular flexibility index (Phi) is 4.83. The van der Waals surface area contributed by atoms with E-state index in [9.17, 15) is 4.79 Å². The van der Waals surface area contributed by atoms with Gasteiger partial charge in [-0.2, -0.15) is 0 Å². The molecule has 0 aromatic heterocycles. The normalized spacial score (nSPS) is 21.5. The van der Waals surface area contributed by atoms with Crippen molar-refractivity contribution in [2.24, 2.45) is 0 Å². The molecular weight excluding hydrogens is 327 g/mol. The topological polar surface area (TPSA) is 26.3 Å². The molecule has 2 nitrogen and oxygen atoms in total. The van der Waals surface area contributed by atoms with Crippen LogP contribution in [0.3, 0.4) is 0 Å². The lowest BCUT2D eigenvalue weighted by Gasteiger charge is -2.18. The lowest BCUT2D eigenvalue weighted by atomic mass is 9.99. The second-order valence-corrected chi connectivity index (χ2v) is 5.32. The fraction of sp³-hybridized carbons (Fsp3) is 0.500. The molecule has 0 N–H and O–H groups in total. The molecule has 1 heterocycles. The number of alkyl halides is 1. The lowest BCUT2D eigenvalue weighted by molar-refractivity contribution is 0.0331. The number of esters is 1. The van der Waals surface area contributed by atoms with Gasteiger partial charge in [-0.3, -0.25) is 0 Å². The summed E-state index contributed by atoms with van der Waals surface area (Å²) in [6.07, 6.45) is 5.60. The minimum absolute atomic E-state index is 0.0780. The lowest BCUT2D eigenvalue weighted by Crippen LogP contribution is -2.21. The van der Waals surface area contributed by atoms with E-state index < -0.39 is 0 Å². The number of carbonyl (C=O) groups is 1. The fourth-order valence-corrected chi connectivity index (χ4v) is 2.80. The predicted molar refractivity (Wildman–Crippen MR) is 76.7 cm³/mol. The predicted octanol–water partition coefficient (Wildman–Crippen LogP) is 3.76. The number of fused-ring (bicyclic) bond motifs is 1. The summed E-state index contributed by atoms with van der Waals surface area (Å²) >= 11 is 2.29. The highest BCUT2D eigenvalue weighted by atomic mass is 127. The van der Waals surface area contributed by atoms with Gasteiger partial charge in [0.2, 0.25) is 0 Å². The Labute approximate surface area is 116 Å². The number of hydrogen-bond acceptors (Lipinski definition) is 2. The van der Waals surface area contributed by atoms with E-state index in [2.05, 4.69) is 22.6 Å². The molecule has 0 saturated heterocycles. The van der Waals surface area contributed by atoms with Gasteiger partial charge in [-0.25, -0.2) is 4.79 Å². The average molecular weight is 344 g/mol. The van der Waals surface area contributed by atoms with Crippen LogP contribution in [0.25, 0.3) is 0 Å². The van der Waals surface area contributed by atoms with Crippen LogP contribution in [-0.4, -0.2) is 16.5 Å². The molecule has 92 valence electrons. The largest absolute Gasteiger partial charge is 0.458 e. The number of carbonyl (C=O) groups excluding carboxylic acids is 1. The van der Waals surface area contributed by atoms with E-state index in [4.69, 9.17) is 4.74 Å². The molecule has 0 radical (unpaired) electrons. The Morgan fingerprint density at radius 1 is 1.24 bits per heavy atom. The van der Waals surface area contributed by atoms with Crippen LogP contribution in [0.1, 0.15) is 41.6 Å². The molecule has 1 aliphatic rings. The monoisotopic (exact) mass is 344 g/mol. The first-order valence-corrected chi connectivity index (χ1v) is 7.68. The van der Waals surface area contributed by atoms with E-state index in [1.807, 2.05) is 24.3 Å². The minimum atomic E-state index is -0.149. The molecule has 3 heteroatoms. The van der Waals surface area contributed by atoms with Gasteiger partial charge in [0.1, 0.15) is 6.10 Å². The third kappa shape index (κ3) is 3.44. The van der Waals surface area contributed by atoms with Crippen LogP contribution in [0.5, 0.6) is 0 Å². The maximum atomic E-state index is 12.1. The molecule has 0 bridgehead atoms. The highest BCUT2D eigenvalue weighted by Gasteiger charge is 2.18. The molecule has 2 rings (SSSR count). The first kappa shape index (κ1) is 12.9. The van der Waals surface area contributed by atoms with Crippen LogP contribution in [0.15, 0.2) is 24.3 Å². The second kappa shape index (κ2) is 6.38. The molecule has 1 aliphatic heterocycles. The van der Waals surface area contributed by atoms with Crippen LogP contribution in [0, 0.1) is 0 Å². The van der Waals surface area contributed by atoms with Crippen molar-refractivity contribution in [3.8, 4) is 0 Å². The Morgan fingerprint density at radius 2 is 2.06 bits per heavy atom. The Hall–Kier alpha value is -0.580. The molecule has 1 unspecified atom stereocenters. The highest BCUT2D eigenvalue weighted by Crippen LogP contribution is 2.19. The molecule has 1 aromatic rings. The number of cyclic esters (lactones) is 1. The molecule has 0 aliphatic carbocycles. The summed E-state index contributed by atoms with van der Waals surface area (Å²) in [5.41, 5.74) is 1.89. The molecule has 1 aromatic carbocycles. The Morgan fingerprint density at radius 3 is 2.88 bits per heavy atom. The molecular formula is C14H17IO2. The van der Waals surface area contributed by atoms with Gasteiger partial charge in [0.25, 0.3) is 0 Å². The summed E-state index contributed by atoms with van der Waals surface area (Å²) in [7, 11) is 0.